The highest BCUT2D eigenvalue weighted by Gasteiger charge is 2.22. The Morgan fingerprint density at radius 1 is 1.61 bits per heavy atom. The summed E-state index contributed by atoms with van der Waals surface area (Å²) in [7, 11) is 0. The van der Waals surface area contributed by atoms with Crippen molar-refractivity contribution >= 4 is 6.03 Å². The van der Waals surface area contributed by atoms with Crippen LogP contribution in [0.1, 0.15) is 18.9 Å². The van der Waals surface area contributed by atoms with Crippen LogP contribution in [-0.4, -0.2) is 41.6 Å². The first-order chi connectivity index (χ1) is 8.78. The van der Waals surface area contributed by atoms with Crippen molar-refractivity contribution in [3.63, 3.8) is 0 Å². The molecule has 2 rings (SSSR count). The largest absolute Gasteiger partial charge is 0.334 e. The summed E-state index contributed by atoms with van der Waals surface area (Å²) >= 11 is 0. The van der Waals surface area contributed by atoms with Gasteiger partial charge < -0.3 is 15.5 Å². The fraction of sp³-hybridized carbons (Fsp3) is 0.538. The van der Waals surface area contributed by atoms with Crippen LogP contribution in [0.25, 0.3) is 0 Å². The number of rotatable bonds is 4. The molecule has 18 heavy (non-hydrogen) atoms. The fourth-order valence-corrected chi connectivity index (χ4v) is 2.16. The van der Waals surface area contributed by atoms with E-state index >= 15 is 0 Å². The molecule has 0 unspecified atom stereocenters. The van der Waals surface area contributed by atoms with E-state index in [2.05, 4.69) is 27.4 Å². The molecule has 0 radical (unpaired) electrons. The highest BCUT2D eigenvalue weighted by Crippen LogP contribution is 2.07. The van der Waals surface area contributed by atoms with Crippen molar-refractivity contribution in [2.24, 2.45) is 0 Å². The van der Waals surface area contributed by atoms with Gasteiger partial charge in [-0.25, -0.2) is 4.79 Å². The third-order valence-corrected chi connectivity index (χ3v) is 3.23. The predicted octanol–water partition coefficient (Wildman–Crippen LogP) is 0.975. The first-order valence-electron chi connectivity index (χ1n) is 6.43. The van der Waals surface area contributed by atoms with Crippen molar-refractivity contribution in [3.05, 3.63) is 30.1 Å². The highest BCUT2D eigenvalue weighted by molar-refractivity contribution is 5.74. The van der Waals surface area contributed by atoms with Crippen molar-refractivity contribution < 1.29 is 4.79 Å². The second-order valence-electron chi connectivity index (χ2n) is 4.57. The quantitative estimate of drug-likeness (QED) is 0.835. The van der Waals surface area contributed by atoms with Gasteiger partial charge in [-0.1, -0.05) is 13.0 Å². The summed E-state index contributed by atoms with van der Waals surface area (Å²) in [6.07, 6.45) is 4.52. The third kappa shape index (κ3) is 3.70. The average molecular weight is 248 g/mol. The zero-order chi connectivity index (χ0) is 12.8. The number of likely N-dealkylation sites (N-methyl/N-ethyl adjacent to an activating group) is 1. The van der Waals surface area contributed by atoms with E-state index in [1.165, 1.54) is 0 Å². The number of nitrogens with one attached hydrogen (secondary N) is 2. The van der Waals surface area contributed by atoms with Gasteiger partial charge in [0.25, 0.3) is 0 Å². The molecule has 2 heterocycles. The van der Waals surface area contributed by atoms with E-state index in [-0.39, 0.29) is 12.1 Å². The molecule has 1 aliphatic heterocycles. The lowest BCUT2D eigenvalue weighted by Gasteiger charge is -2.15. The van der Waals surface area contributed by atoms with Gasteiger partial charge in [0.1, 0.15) is 0 Å². The number of carbonyl (C=O) groups excluding carboxylic acids is 1. The number of nitrogens with zero attached hydrogens (tertiary/aromatic N) is 2. The first-order valence-corrected chi connectivity index (χ1v) is 6.43. The van der Waals surface area contributed by atoms with Crippen LogP contribution in [0.2, 0.25) is 0 Å². The van der Waals surface area contributed by atoms with Gasteiger partial charge in [0.05, 0.1) is 0 Å². The molecule has 0 bridgehead atoms. The van der Waals surface area contributed by atoms with E-state index in [0.29, 0.717) is 6.54 Å². The molecule has 0 aliphatic carbocycles. The van der Waals surface area contributed by atoms with Crippen LogP contribution in [0.15, 0.2) is 24.5 Å². The van der Waals surface area contributed by atoms with E-state index in [0.717, 1.165) is 31.6 Å². The van der Waals surface area contributed by atoms with Crippen molar-refractivity contribution in [1.82, 2.24) is 20.5 Å². The van der Waals surface area contributed by atoms with E-state index in [9.17, 15) is 4.79 Å². The lowest BCUT2D eigenvalue weighted by atomic mass is 10.2. The minimum absolute atomic E-state index is 0.0955. The summed E-state index contributed by atoms with van der Waals surface area (Å²) in [4.78, 5) is 18.1. The maximum Gasteiger partial charge on any atom is 0.315 e. The van der Waals surface area contributed by atoms with Crippen LogP contribution in [0, 0.1) is 0 Å². The van der Waals surface area contributed by atoms with E-state index < -0.39 is 0 Å². The number of hydrogen-bond acceptors (Lipinski definition) is 3. The van der Waals surface area contributed by atoms with Gasteiger partial charge in [0.15, 0.2) is 0 Å². The number of urea groups is 1. The predicted molar refractivity (Wildman–Crippen MR) is 70.1 cm³/mol. The molecule has 98 valence electrons. The van der Waals surface area contributed by atoms with E-state index in [1.807, 2.05) is 12.1 Å². The van der Waals surface area contributed by atoms with Gasteiger partial charge in [0.2, 0.25) is 0 Å². The molecule has 1 fully saturated rings. The molecular weight excluding hydrogens is 228 g/mol. The standard InChI is InChI=1S/C13H20N4O/c1-2-17-7-5-12(10-17)16-13(18)15-9-11-4-3-6-14-8-11/h3-4,6,8,12H,2,5,7,9-10H2,1H3,(H2,15,16,18)/t12-/m0/s1. The van der Waals surface area contributed by atoms with Gasteiger partial charge in [-0.15, -0.1) is 0 Å². The highest BCUT2D eigenvalue weighted by atomic mass is 16.2. The van der Waals surface area contributed by atoms with Gasteiger partial charge in [-0.05, 0) is 24.6 Å². The van der Waals surface area contributed by atoms with Crippen LogP contribution in [0.3, 0.4) is 0 Å². The second kappa shape index (κ2) is 6.35. The Bertz CT molecular complexity index is 382. The summed E-state index contributed by atoms with van der Waals surface area (Å²) in [6, 6.07) is 3.99. The van der Waals surface area contributed by atoms with E-state index in [4.69, 9.17) is 0 Å². The zero-order valence-corrected chi connectivity index (χ0v) is 10.7. The van der Waals surface area contributed by atoms with Gasteiger partial charge in [0, 0.05) is 38.1 Å². The number of likely N-dealkylation sites (tertiary alicyclic amines) is 1. The summed E-state index contributed by atoms with van der Waals surface area (Å²) in [6.45, 7) is 5.74. The van der Waals surface area contributed by atoms with E-state index in [1.54, 1.807) is 12.4 Å². The Morgan fingerprint density at radius 2 is 2.50 bits per heavy atom. The van der Waals surface area contributed by atoms with Gasteiger partial charge >= 0.3 is 6.03 Å². The smallest absolute Gasteiger partial charge is 0.315 e. The van der Waals surface area contributed by atoms with Crippen molar-refractivity contribution in [2.75, 3.05) is 19.6 Å². The molecule has 1 aromatic rings. The van der Waals surface area contributed by atoms with Crippen LogP contribution < -0.4 is 10.6 Å². The van der Waals surface area contributed by atoms with Crippen molar-refractivity contribution in [3.8, 4) is 0 Å². The first kappa shape index (κ1) is 12.8. The molecule has 1 aliphatic rings. The number of aromatic nitrogens is 1. The van der Waals surface area contributed by atoms with Gasteiger partial charge in [-0.2, -0.15) is 0 Å². The Morgan fingerprint density at radius 3 is 3.17 bits per heavy atom. The molecule has 2 N–H and O–H groups in total. The number of pyridine rings is 1. The van der Waals surface area contributed by atoms with Crippen LogP contribution in [0.5, 0.6) is 0 Å². The monoisotopic (exact) mass is 248 g/mol. The topological polar surface area (TPSA) is 57.3 Å². The summed E-state index contributed by atoms with van der Waals surface area (Å²) in [5.74, 6) is 0. The molecule has 5 heteroatoms. The second-order valence-corrected chi connectivity index (χ2v) is 4.57. The summed E-state index contributed by atoms with van der Waals surface area (Å²) < 4.78 is 0. The number of amides is 2. The number of hydrogen-bond donors (Lipinski definition) is 2. The molecule has 2 amide bonds. The molecular formula is C13H20N4O. The Labute approximate surface area is 108 Å². The maximum atomic E-state index is 11.7. The molecule has 1 aromatic heterocycles. The molecule has 0 saturated carbocycles. The summed E-state index contributed by atoms with van der Waals surface area (Å²) in [5, 5.41) is 5.85. The minimum atomic E-state index is -0.0955. The number of carbonyl (C=O) groups is 1. The Hall–Kier alpha value is -1.62. The zero-order valence-electron chi connectivity index (χ0n) is 10.7. The minimum Gasteiger partial charge on any atom is -0.334 e. The average Bonchev–Trinajstić information content (AvgIpc) is 2.85. The molecule has 1 atom stereocenters. The normalized spacial score (nSPS) is 19.7. The van der Waals surface area contributed by atoms with Crippen LogP contribution in [-0.2, 0) is 6.54 Å². The third-order valence-electron chi connectivity index (χ3n) is 3.23. The lowest BCUT2D eigenvalue weighted by molar-refractivity contribution is 0.236. The Kier molecular flexibility index (Phi) is 4.52. The van der Waals surface area contributed by atoms with Crippen LogP contribution >= 0.6 is 0 Å². The summed E-state index contributed by atoms with van der Waals surface area (Å²) in [5.41, 5.74) is 1.01. The lowest BCUT2D eigenvalue weighted by Crippen LogP contribution is -2.43. The SMILES string of the molecule is CCN1CC[C@H](NC(=O)NCc2cccnc2)C1. The van der Waals surface area contributed by atoms with Crippen LogP contribution in [0.4, 0.5) is 4.79 Å². The Balaban J connectivity index is 1.70. The van der Waals surface area contributed by atoms with Gasteiger partial charge in [-0.3, -0.25) is 4.98 Å². The molecule has 1 saturated heterocycles. The maximum absolute atomic E-state index is 11.7. The molecule has 5 nitrogen and oxygen atoms in total. The molecule has 0 spiro atoms. The fourth-order valence-electron chi connectivity index (χ4n) is 2.16. The molecule has 0 aromatic carbocycles. The van der Waals surface area contributed by atoms with Crippen molar-refractivity contribution in [2.45, 2.75) is 25.9 Å². The van der Waals surface area contributed by atoms with Crippen molar-refractivity contribution in [1.29, 1.82) is 0 Å².